The second kappa shape index (κ2) is 12.1. The number of carbonyl (C=O) groups is 2. The topological polar surface area (TPSA) is 88.5 Å². The van der Waals surface area contributed by atoms with Gasteiger partial charge in [-0.05, 0) is 75.3 Å². The van der Waals surface area contributed by atoms with Gasteiger partial charge in [-0.2, -0.15) is 0 Å². The highest BCUT2D eigenvalue weighted by molar-refractivity contribution is 6.46. The minimum atomic E-state index is -0.778. The van der Waals surface area contributed by atoms with Gasteiger partial charge in [-0.25, -0.2) is 0 Å². The fraction of sp³-hybridized carbons (Fsp3) is 0.448. The molecular weight excluding hydrogens is 472 g/mol. The van der Waals surface area contributed by atoms with Crippen LogP contribution in [0.15, 0.2) is 42.0 Å². The van der Waals surface area contributed by atoms with E-state index >= 15 is 0 Å². The average molecular weight is 511 g/mol. The van der Waals surface area contributed by atoms with Crippen molar-refractivity contribution in [2.75, 3.05) is 47.5 Å². The van der Waals surface area contributed by atoms with Gasteiger partial charge in [-0.1, -0.05) is 19.9 Å². The number of amides is 1. The summed E-state index contributed by atoms with van der Waals surface area (Å²) in [6, 6.07) is 9.88. The first-order valence-corrected chi connectivity index (χ1v) is 12.6. The van der Waals surface area contributed by atoms with E-state index in [1.807, 2.05) is 58.8 Å². The average Bonchev–Trinajstić information content (AvgIpc) is 3.12. The van der Waals surface area contributed by atoms with Crippen molar-refractivity contribution in [2.45, 2.75) is 39.7 Å². The molecule has 37 heavy (non-hydrogen) atoms. The third kappa shape index (κ3) is 5.91. The lowest BCUT2D eigenvalue weighted by molar-refractivity contribution is -0.140. The summed E-state index contributed by atoms with van der Waals surface area (Å²) in [6.45, 7) is 9.58. The molecule has 1 N–H and O–H groups in total. The molecule has 2 aromatic rings. The molecule has 2 aromatic carbocycles. The van der Waals surface area contributed by atoms with Crippen molar-refractivity contribution >= 4 is 17.4 Å². The van der Waals surface area contributed by atoms with Crippen LogP contribution in [0.4, 0.5) is 0 Å². The van der Waals surface area contributed by atoms with Crippen molar-refractivity contribution in [1.82, 2.24) is 9.80 Å². The first-order valence-electron chi connectivity index (χ1n) is 12.6. The van der Waals surface area contributed by atoms with Crippen LogP contribution < -0.4 is 14.2 Å². The van der Waals surface area contributed by atoms with Crippen molar-refractivity contribution in [3.05, 3.63) is 58.7 Å². The number of aliphatic hydroxyl groups is 1. The van der Waals surface area contributed by atoms with E-state index in [1.165, 1.54) is 4.90 Å². The molecule has 3 rings (SSSR count). The van der Waals surface area contributed by atoms with Crippen LogP contribution in [0.5, 0.6) is 17.2 Å². The van der Waals surface area contributed by atoms with Crippen molar-refractivity contribution < 1.29 is 28.9 Å². The normalized spacial score (nSPS) is 17.1. The van der Waals surface area contributed by atoms with E-state index in [4.69, 9.17) is 14.2 Å². The summed E-state index contributed by atoms with van der Waals surface area (Å²) in [5.41, 5.74) is 2.06. The van der Waals surface area contributed by atoms with E-state index in [1.54, 1.807) is 31.4 Å². The van der Waals surface area contributed by atoms with Crippen LogP contribution in [-0.4, -0.2) is 74.1 Å². The Bertz CT molecular complexity index is 1170. The number of Topliss-reactive ketones (excluding diaryl/α,β-unsaturated/α-hetero) is 1. The summed E-state index contributed by atoms with van der Waals surface area (Å²) in [4.78, 5) is 30.1. The van der Waals surface area contributed by atoms with E-state index in [0.717, 1.165) is 5.56 Å². The molecular formula is C29H38N2O6. The summed E-state index contributed by atoms with van der Waals surface area (Å²) in [5.74, 6) is 0.352. The minimum Gasteiger partial charge on any atom is -0.507 e. The van der Waals surface area contributed by atoms with Gasteiger partial charge in [0.15, 0.2) is 11.5 Å². The van der Waals surface area contributed by atoms with Gasteiger partial charge in [0.05, 0.1) is 31.9 Å². The van der Waals surface area contributed by atoms with E-state index in [2.05, 4.69) is 0 Å². The van der Waals surface area contributed by atoms with Crippen LogP contribution in [0, 0.1) is 0 Å². The summed E-state index contributed by atoms with van der Waals surface area (Å²) >= 11 is 0. The molecule has 1 fully saturated rings. The molecule has 1 atom stereocenters. The van der Waals surface area contributed by atoms with Crippen LogP contribution in [-0.2, 0) is 9.59 Å². The number of benzene rings is 2. The Hall–Kier alpha value is -3.52. The molecule has 0 spiro atoms. The Balaban J connectivity index is 2.22. The van der Waals surface area contributed by atoms with Crippen LogP contribution >= 0.6 is 0 Å². The molecule has 1 heterocycles. The number of aliphatic hydroxyl groups excluding tert-OH is 1. The molecule has 0 aromatic heterocycles. The molecule has 1 aliphatic heterocycles. The van der Waals surface area contributed by atoms with Gasteiger partial charge in [-0.3, -0.25) is 9.59 Å². The summed E-state index contributed by atoms with van der Waals surface area (Å²) in [7, 11) is 5.40. The number of likely N-dealkylation sites (N-methyl/N-ethyl adjacent to an activating group) is 1. The second-order valence-electron chi connectivity index (χ2n) is 9.48. The number of ketones is 1. The van der Waals surface area contributed by atoms with Crippen LogP contribution in [0.25, 0.3) is 5.76 Å². The van der Waals surface area contributed by atoms with Gasteiger partial charge in [-0.15, -0.1) is 0 Å². The van der Waals surface area contributed by atoms with Crippen LogP contribution in [0.2, 0.25) is 0 Å². The van der Waals surface area contributed by atoms with E-state index in [0.29, 0.717) is 54.7 Å². The molecule has 8 heteroatoms. The third-order valence-electron chi connectivity index (χ3n) is 6.34. The summed E-state index contributed by atoms with van der Waals surface area (Å²) < 4.78 is 17.0. The lowest BCUT2D eigenvalue weighted by Gasteiger charge is -2.27. The van der Waals surface area contributed by atoms with Gasteiger partial charge in [0.1, 0.15) is 11.5 Å². The van der Waals surface area contributed by atoms with Crippen molar-refractivity contribution in [2.24, 2.45) is 0 Å². The van der Waals surface area contributed by atoms with Gasteiger partial charge in [0.2, 0.25) is 0 Å². The standard InChI is InChI=1S/C29H38N2O6/c1-8-36-23-13-10-19(17-24(23)37-9-2)26-25(28(33)29(34)31(26)15-14-30(5)6)27(32)20-11-12-22(35-7)21(16-20)18(3)4/h10-13,16-18,26,32H,8-9,14-15H2,1-7H3/b27-25+. The Morgan fingerprint density at radius 1 is 1.00 bits per heavy atom. The van der Waals surface area contributed by atoms with Crippen molar-refractivity contribution in [1.29, 1.82) is 0 Å². The van der Waals surface area contributed by atoms with Gasteiger partial charge < -0.3 is 29.1 Å². The molecule has 0 bridgehead atoms. The maximum Gasteiger partial charge on any atom is 0.295 e. The number of likely N-dealkylation sites (tertiary alicyclic amines) is 1. The molecule has 1 saturated heterocycles. The summed E-state index contributed by atoms with van der Waals surface area (Å²) in [5, 5.41) is 11.5. The fourth-order valence-corrected chi connectivity index (χ4v) is 4.49. The predicted molar refractivity (Wildman–Crippen MR) is 143 cm³/mol. The van der Waals surface area contributed by atoms with Gasteiger partial charge in [0, 0.05) is 18.7 Å². The highest BCUT2D eigenvalue weighted by Crippen LogP contribution is 2.42. The van der Waals surface area contributed by atoms with Gasteiger partial charge >= 0.3 is 0 Å². The second-order valence-corrected chi connectivity index (χ2v) is 9.48. The Kier molecular flexibility index (Phi) is 9.21. The number of ether oxygens (including phenoxy) is 3. The van der Waals surface area contributed by atoms with Crippen molar-refractivity contribution in [3.63, 3.8) is 0 Å². The molecule has 0 aliphatic carbocycles. The smallest absolute Gasteiger partial charge is 0.295 e. The molecule has 0 saturated carbocycles. The molecule has 200 valence electrons. The highest BCUT2D eigenvalue weighted by Gasteiger charge is 2.46. The number of rotatable bonds is 11. The van der Waals surface area contributed by atoms with Gasteiger partial charge in [0.25, 0.3) is 11.7 Å². The first-order chi connectivity index (χ1) is 17.6. The number of hydrogen-bond acceptors (Lipinski definition) is 7. The third-order valence-corrected chi connectivity index (χ3v) is 6.34. The molecule has 0 radical (unpaired) electrons. The van der Waals surface area contributed by atoms with E-state index < -0.39 is 17.7 Å². The minimum absolute atomic E-state index is 0.0511. The first kappa shape index (κ1) is 28.1. The zero-order valence-electron chi connectivity index (χ0n) is 22.8. The molecule has 8 nitrogen and oxygen atoms in total. The monoisotopic (exact) mass is 510 g/mol. The van der Waals surface area contributed by atoms with E-state index in [9.17, 15) is 14.7 Å². The highest BCUT2D eigenvalue weighted by atomic mass is 16.5. The Labute approximate surface area is 219 Å². The summed E-state index contributed by atoms with van der Waals surface area (Å²) in [6.07, 6.45) is 0. The van der Waals surface area contributed by atoms with E-state index in [-0.39, 0.29) is 17.3 Å². The number of methoxy groups -OCH3 is 1. The number of hydrogen-bond donors (Lipinski definition) is 1. The predicted octanol–water partition coefficient (Wildman–Crippen LogP) is 4.60. The largest absolute Gasteiger partial charge is 0.507 e. The SMILES string of the molecule is CCOc1ccc(C2/C(=C(\O)c3ccc(OC)c(C(C)C)c3)C(=O)C(=O)N2CCN(C)C)cc1OCC. The van der Waals surface area contributed by atoms with Crippen LogP contribution in [0.3, 0.4) is 0 Å². The fourth-order valence-electron chi connectivity index (χ4n) is 4.49. The zero-order chi connectivity index (χ0) is 27.3. The Morgan fingerprint density at radius 2 is 1.65 bits per heavy atom. The molecule has 1 amide bonds. The lowest BCUT2D eigenvalue weighted by Crippen LogP contribution is -2.35. The molecule has 1 aliphatic rings. The quantitative estimate of drug-likeness (QED) is 0.269. The maximum absolute atomic E-state index is 13.4. The molecule has 1 unspecified atom stereocenters. The number of carbonyl (C=O) groups excluding carboxylic acids is 2. The Morgan fingerprint density at radius 3 is 2.24 bits per heavy atom. The maximum atomic E-state index is 13.4. The number of nitrogens with zero attached hydrogens (tertiary/aromatic N) is 2. The van der Waals surface area contributed by atoms with Crippen LogP contribution in [0.1, 0.15) is 56.3 Å². The zero-order valence-corrected chi connectivity index (χ0v) is 22.8. The lowest BCUT2D eigenvalue weighted by atomic mass is 9.93. The van der Waals surface area contributed by atoms with Crippen molar-refractivity contribution in [3.8, 4) is 17.2 Å².